The van der Waals surface area contributed by atoms with Crippen LogP contribution in [0.5, 0.6) is 0 Å². The zero-order chi connectivity index (χ0) is 11.3. The Morgan fingerprint density at radius 1 is 1.33 bits per heavy atom. The number of carbonyl (C=O) groups is 1. The molecule has 0 fully saturated rings. The van der Waals surface area contributed by atoms with Crippen LogP contribution in [0.3, 0.4) is 0 Å². The van der Waals surface area contributed by atoms with Gasteiger partial charge in [0.05, 0.1) is 0 Å². The molecule has 1 aromatic rings. The van der Waals surface area contributed by atoms with Gasteiger partial charge in [0, 0.05) is 12.1 Å². The monoisotopic (exact) mass is 207 g/mol. The maximum absolute atomic E-state index is 12.6. The van der Waals surface area contributed by atoms with E-state index in [-0.39, 0.29) is 17.8 Å². The Kier molecular flexibility index (Phi) is 4.03. The molecule has 0 unspecified atom stereocenters. The highest BCUT2D eigenvalue weighted by Gasteiger charge is 1.97. The molecular weight excluding hydrogens is 193 g/mol. The molecule has 1 aromatic carbocycles. The average Bonchev–Trinajstić information content (AvgIpc) is 2.16. The van der Waals surface area contributed by atoms with Crippen molar-refractivity contribution in [3.05, 3.63) is 41.7 Å². The number of benzene rings is 1. The molecule has 0 bridgehead atoms. The summed E-state index contributed by atoms with van der Waals surface area (Å²) in [7, 11) is 0. The molecule has 0 aromatic heterocycles. The van der Waals surface area contributed by atoms with Gasteiger partial charge in [0.1, 0.15) is 5.82 Å². The summed E-state index contributed by atoms with van der Waals surface area (Å²) in [5.74, 6) is -0.423. The summed E-state index contributed by atoms with van der Waals surface area (Å²) in [6, 6.07) is 6.08. The zero-order valence-electron chi connectivity index (χ0n) is 8.83. The third kappa shape index (κ3) is 4.40. The molecule has 15 heavy (non-hydrogen) atoms. The quantitative estimate of drug-likeness (QED) is 0.757. The molecule has 1 rings (SSSR count). The summed E-state index contributed by atoms with van der Waals surface area (Å²) in [5, 5.41) is 2.72. The fourth-order valence-corrected chi connectivity index (χ4v) is 1.08. The van der Waals surface area contributed by atoms with Crippen molar-refractivity contribution in [3.63, 3.8) is 0 Å². The topological polar surface area (TPSA) is 29.1 Å². The SMILES string of the molecule is CC(C)NC(=O)C=Cc1ccc(F)cc1. The Labute approximate surface area is 88.8 Å². The smallest absolute Gasteiger partial charge is 0.244 e. The van der Waals surface area contributed by atoms with Gasteiger partial charge in [-0.15, -0.1) is 0 Å². The lowest BCUT2D eigenvalue weighted by Gasteiger charge is -2.03. The van der Waals surface area contributed by atoms with E-state index in [2.05, 4.69) is 5.32 Å². The number of rotatable bonds is 3. The molecular formula is C12H14FNO. The molecule has 0 heterocycles. The molecule has 0 aliphatic carbocycles. The average molecular weight is 207 g/mol. The number of amides is 1. The van der Waals surface area contributed by atoms with Crippen LogP contribution in [0.4, 0.5) is 4.39 Å². The maximum Gasteiger partial charge on any atom is 0.244 e. The van der Waals surface area contributed by atoms with Crippen LogP contribution in [0.1, 0.15) is 19.4 Å². The van der Waals surface area contributed by atoms with Crippen LogP contribution in [-0.2, 0) is 4.79 Å². The second-order valence-corrected chi connectivity index (χ2v) is 3.55. The molecule has 0 radical (unpaired) electrons. The lowest BCUT2D eigenvalue weighted by atomic mass is 10.2. The Morgan fingerprint density at radius 3 is 2.47 bits per heavy atom. The summed E-state index contributed by atoms with van der Waals surface area (Å²) in [6.45, 7) is 3.78. The molecule has 0 aliphatic heterocycles. The first-order valence-corrected chi connectivity index (χ1v) is 4.82. The minimum absolute atomic E-state index is 0.121. The molecule has 3 heteroatoms. The Hall–Kier alpha value is -1.64. The van der Waals surface area contributed by atoms with Gasteiger partial charge in [0.2, 0.25) is 5.91 Å². The van der Waals surface area contributed by atoms with Gasteiger partial charge >= 0.3 is 0 Å². The van der Waals surface area contributed by atoms with E-state index in [1.165, 1.54) is 18.2 Å². The predicted molar refractivity (Wildman–Crippen MR) is 58.7 cm³/mol. The van der Waals surface area contributed by atoms with E-state index in [9.17, 15) is 9.18 Å². The highest BCUT2D eigenvalue weighted by atomic mass is 19.1. The van der Waals surface area contributed by atoms with E-state index in [1.807, 2.05) is 13.8 Å². The molecule has 0 saturated heterocycles. The number of hydrogen-bond donors (Lipinski definition) is 1. The van der Waals surface area contributed by atoms with Crippen LogP contribution < -0.4 is 5.32 Å². The first-order chi connectivity index (χ1) is 7.08. The molecule has 0 aliphatic rings. The third-order valence-electron chi connectivity index (χ3n) is 1.73. The first kappa shape index (κ1) is 11.4. The van der Waals surface area contributed by atoms with Crippen LogP contribution in [0, 0.1) is 5.82 Å². The van der Waals surface area contributed by atoms with Gasteiger partial charge in [-0.1, -0.05) is 12.1 Å². The van der Waals surface area contributed by atoms with Crippen molar-refractivity contribution in [1.29, 1.82) is 0 Å². The molecule has 1 amide bonds. The molecule has 0 saturated carbocycles. The van der Waals surface area contributed by atoms with Gasteiger partial charge in [-0.2, -0.15) is 0 Å². The van der Waals surface area contributed by atoms with Crippen molar-refractivity contribution < 1.29 is 9.18 Å². The molecule has 80 valence electrons. The fraction of sp³-hybridized carbons (Fsp3) is 0.250. The number of halogens is 1. The van der Waals surface area contributed by atoms with Crippen molar-refractivity contribution in [2.45, 2.75) is 19.9 Å². The number of nitrogens with one attached hydrogen (secondary N) is 1. The minimum Gasteiger partial charge on any atom is -0.350 e. The molecule has 1 N–H and O–H groups in total. The summed E-state index contributed by atoms with van der Waals surface area (Å²) < 4.78 is 12.6. The Balaban J connectivity index is 2.57. The van der Waals surface area contributed by atoms with Gasteiger partial charge in [0.15, 0.2) is 0 Å². The highest BCUT2D eigenvalue weighted by Crippen LogP contribution is 2.04. The second-order valence-electron chi connectivity index (χ2n) is 3.55. The Bertz CT molecular complexity index is 354. The maximum atomic E-state index is 12.6. The molecule has 0 atom stereocenters. The van der Waals surface area contributed by atoms with E-state index < -0.39 is 0 Å². The summed E-state index contributed by atoms with van der Waals surface area (Å²) in [6.07, 6.45) is 3.09. The van der Waals surface area contributed by atoms with Gasteiger partial charge < -0.3 is 5.32 Å². The van der Waals surface area contributed by atoms with Crippen molar-refractivity contribution in [2.24, 2.45) is 0 Å². The van der Waals surface area contributed by atoms with Gasteiger partial charge in [-0.05, 0) is 37.6 Å². The van der Waals surface area contributed by atoms with Gasteiger partial charge in [-0.3, -0.25) is 4.79 Å². The third-order valence-corrected chi connectivity index (χ3v) is 1.73. The summed E-state index contributed by atoms with van der Waals surface area (Å²) >= 11 is 0. The van der Waals surface area contributed by atoms with Gasteiger partial charge in [-0.25, -0.2) is 4.39 Å². The predicted octanol–water partition coefficient (Wildman–Crippen LogP) is 2.36. The summed E-state index contributed by atoms with van der Waals surface area (Å²) in [5.41, 5.74) is 0.801. The number of carbonyl (C=O) groups excluding carboxylic acids is 1. The lowest BCUT2D eigenvalue weighted by Crippen LogP contribution is -2.28. The van der Waals surface area contributed by atoms with Crippen LogP contribution in [-0.4, -0.2) is 11.9 Å². The van der Waals surface area contributed by atoms with Crippen LogP contribution in [0.2, 0.25) is 0 Å². The molecule has 0 spiro atoms. The highest BCUT2D eigenvalue weighted by molar-refractivity contribution is 5.91. The van der Waals surface area contributed by atoms with Crippen LogP contribution >= 0.6 is 0 Å². The van der Waals surface area contributed by atoms with E-state index in [1.54, 1.807) is 18.2 Å². The van der Waals surface area contributed by atoms with Crippen LogP contribution in [0.25, 0.3) is 6.08 Å². The first-order valence-electron chi connectivity index (χ1n) is 4.82. The normalized spacial score (nSPS) is 10.9. The fourth-order valence-electron chi connectivity index (χ4n) is 1.08. The van der Waals surface area contributed by atoms with Crippen LogP contribution in [0.15, 0.2) is 30.3 Å². The second kappa shape index (κ2) is 5.29. The van der Waals surface area contributed by atoms with Crippen molar-refractivity contribution >= 4 is 12.0 Å². The largest absolute Gasteiger partial charge is 0.350 e. The van der Waals surface area contributed by atoms with Crippen molar-refractivity contribution in [2.75, 3.05) is 0 Å². The van der Waals surface area contributed by atoms with Crippen molar-refractivity contribution in [3.8, 4) is 0 Å². The minimum atomic E-state index is -0.279. The summed E-state index contributed by atoms with van der Waals surface area (Å²) in [4.78, 5) is 11.2. The van der Waals surface area contributed by atoms with E-state index in [0.717, 1.165) is 5.56 Å². The standard InChI is InChI=1S/C12H14FNO/c1-9(2)14-12(15)8-5-10-3-6-11(13)7-4-10/h3-9H,1-2H3,(H,14,15). The van der Waals surface area contributed by atoms with E-state index in [4.69, 9.17) is 0 Å². The van der Waals surface area contributed by atoms with E-state index in [0.29, 0.717) is 0 Å². The Morgan fingerprint density at radius 2 is 1.93 bits per heavy atom. The van der Waals surface area contributed by atoms with Crippen molar-refractivity contribution in [1.82, 2.24) is 5.32 Å². The molecule has 2 nitrogen and oxygen atoms in total. The lowest BCUT2D eigenvalue weighted by molar-refractivity contribution is -0.116. The van der Waals surface area contributed by atoms with Gasteiger partial charge in [0.25, 0.3) is 0 Å². The number of hydrogen-bond acceptors (Lipinski definition) is 1. The zero-order valence-corrected chi connectivity index (χ0v) is 8.83. The van der Waals surface area contributed by atoms with E-state index >= 15 is 0 Å².